The van der Waals surface area contributed by atoms with E-state index in [-0.39, 0.29) is 5.56 Å². The summed E-state index contributed by atoms with van der Waals surface area (Å²) in [6.45, 7) is 1.64. The molecule has 0 saturated heterocycles. The Morgan fingerprint density at radius 3 is 2.67 bits per heavy atom. The Morgan fingerprint density at radius 2 is 2.17 bits per heavy atom. The van der Waals surface area contributed by atoms with Crippen LogP contribution in [0.1, 0.15) is 17.6 Å². The van der Waals surface area contributed by atoms with Gasteiger partial charge in [-0.1, -0.05) is 0 Å². The minimum Gasteiger partial charge on any atom is -0.235 e. The second-order valence-electron chi connectivity index (χ2n) is 2.25. The normalized spacial score (nSPS) is 10.8. The van der Waals surface area contributed by atoms with Gasteiger partial charge in [0.25, 0.3) is 6.43 Å². The quantitative estimate of drug-likeness (QED) is 0.557. The number of halogens is 4. The molecule has 0 bridgehead atoms. The number of nitrogens with zero attached hydrogens (tertiary/aromatic N) is 1. The zero-order valence-electron chi connectivity index (χ0n) is 6.11. The van der Waals surface area contributed by atoms with Gasteiger partial charge in [0, 0.05) is 5.56 Å². The Bertz CT molecular complexity index is 304. The predicted molar refractivity (Wildman–Crippen MR) is 54.3 cm³/mol. The van der Waals surface area contributed by atoms with Gasteiger partial charge in [0.1, 0.15) is 8.30 Å². The Labute approximate surface area is 90.8 Å². The molecule has 0 radical (unpaired) electrons. The van der Waals surface area contributed by atoms with Gasteiger partial charge in [-0.3, -0.25) is 0 Å². The summed E-state index contributed by atoms with van der Waals surface area (Å²) < 4.78 is 25.7. The molecule has 1 aromatic rings. The van der Waals surface area contributed by atoms with E-state index in [0.29, 0.717) is 13.9 Å². The number of alkyl halides is 2. The first-order valence-corrected chi connectivity index (χ1v) is 5.00. The van der Waals surface area contributed by atoms with Crippen LogP contribution in [0.25, 0.3) is 0 Å². The number of aromatic nitrogens is 1. The summed E-state index contributed by atoms with van der Waals surface area (Å²) in [6, 6.07) is 1.35. The van der Waals surface area contributed by atoms with Crippen molar-refractivity contribution in [3.63, 3.8) is 0 Å². The third-order valence-electron chi connectivity index (χ3n) is 1.46. The van der Waals surface area contributed by atoms with Gasteiger partial charge in [0.05, 0.1) is 0 Å². The maximum atomic E-state index is 12.3. The van der Waals surface area contributed by atoms with Gasteiger partial charge in [0.2, 0.25) is 0 Å². The molecule has 0 aromatic carbocycles. The molecule has 0 spiro atoms. The van der Waals surface area contributed by atoms with Crippen LogP contribution in [-0.4, -0.2) is 4.98 Å². The average molecular weight is 348 g/mol. The lowest BCUT2D eigenvalue weighted by molar-refractivity contribution is 0.150. The van der Waals surface area contributed by atoms with Crippen molar-refractivity contribution in [1.82, 2.24) is 4.98 Å². The Kier molecular flexibility index (Phi) is 3.39. The van der Waals surface area contributed by atoms with Gasteiger partial charge in [0.15, 0.2) is 0 Å². The number of rotatable bonds is 1. The molecular formula is C7H5BrF2IN. The van der Waals surface area contributed by atoms with Crippen LogP contribution in [-0.2, 0) is 0 Å². The van der Waals surface area contributed by atoms with Crippen molar-refractivity contribution in [2.45, 2.75) is 13.3 Å². The summed E-state index contributed by atoms with van der Waals surface area (Å²) in [4.78, 5) is 3.99. The smallest absolute Gasteiger partial charge is 0.235 e. The van der Waals surface area contributed by atoms with Crippen molar-refractivity contribution in [2.75, 3.05) is 0 Å². The highest BCUT2D eigenvalue weighted by Gasteiger charge is 2.13. The van der Waals surface area contributed by atoms with Crippen molar-refractivity contribution in [3.05, 3.63) is 25.5 Å². The molecule has 1 aromatic heterocycles. The van der Waals surface area contributed by atoms with E-state index in [9.17, 15) is 8.78 Å². The largest absolute Gasteiger partial charge is 0.264 e. The molecular weight excluding hydrogens is 343 g/mol. The maximum Gasteiger partial charge on any atom is 0.264 e. The first-order chi connectivity index (χ1) is 5.52. The van der Waals surface area contributed by atoms with Crippen LogP contribution in [0.15, 0.2) is 10.7 Å². The molecule has 0 saturated carbocycles. The molecule has 0 aliphatic carbocycles. The summed E-state index contributed by atoms with van der Waals surface area (Å²) >= 11 is 5.00. The first-order valence-electron chi connectivity index (χ1n) is 3.13. The van der Waals surface area contributed by atoms with Crippen LogP contribution >= 0.6 is 38.5 Å². The molecule has 0 amide bonds. The molecule has 0 aliphatic rings. The standard InChI is InChI=1S/C7H5BrF2IN/c1-3-4(6(9)10)2-5(8)12-7(3)11/h2,6H,1H3. The van der Waals surface area contributed by atoms with Gasteiger partial charge in [-0.05, 0) is 57.1 Å². The average Bonchev–Trinajstić information content (AvgIpc) is 1.96. The number of hydrogen-bond acceptors (Lipinski definition) is 1. The highest BCUT2D eigenvalue weighted by Crippen LogP contribution is 2.27. The van der Waals surface area contributed by atoms with E-state index in [1.165, 1.54) is 6.07 Å². The molecule has 0 unspecified atom stereocenters. The van der Waals surface area contributed by atoms with Crippen LogP contribution in [0.2, 0.25) is 0 Å². The minimum atomic E-state index is -2.43. The van der Waals surface area contributed by atoms with Gasteiger partial charge in [-0.25, -0.2) is 13.8 Å². The van der Waals surface area contributed by atoms with Crippen molar-refractivity contribution in [2.24, 2.45) is 0 Å². The Balaban J connectivity index is 3.28. The predicted octanol–water partition coefficient (Wildman–Crippen LogP) is 3.69. The molecule has 1 heterocycles. The zero-order valence-corrected chi connectivity index (χ0v) is 9.86. The van der Waals surface area contributed by atoms with Crippen molar-refractivity contribution in [3.8, 4) is 0 Å². The highest BCUT2D eigenvalue weighted by atomic mass is 127. The first kappa shape index (κ1) is 10.3. The molecule has 66 valence electrons. The summed E-state index contributed by atoms with van der Waals surface area (Å²) in [5, 5.41) is 0. The van der Waals surface area contributed by atoms with Crippen molar-refractivity contribution >= 4 is 38.5 Å². The van der Waals surface area contributed by atoms with Crippen molar-refractivity contribution < 1.29 is 8.78 Å². The van der Waals surface area contributed by atoms with E-state index in [1.807, 2.05) is 22.6 Å². The summed E-state index contributed by atoms with van der Waals surface area (Å²) in [6.07, 6.45) is -2.43. The second-order valence-corrected chi connectivity index (χ2v) is 4.08. The van der Waals surface area contributed by atoms with E-state index >= 15 is 0 Å². The molecule has 5 heteroatoms. The van der Waals surface area contributed by atoms with Gasteiger partial charge < -0.3 is 0 Å². The maximum absolute atomic E-state index is 12.3. The Hall–Kier alpha value is 0.220. The van der Waals surface area contributed by atoms with Crippen LogP contribution in [0.3, 0.4) is 0 Å². The topological polar surface area (TPSA) is 12.9 Å². The van der Waals surface area contributed by atoms with E-state index in [0.717, 1.165) is 0 Å². The summed E-state index contributed by atoms with van der Waals surface area (Å²) in [5.41, 5.74) is 0.593. The lowest BCUT2D eigenvalue weighted by Crippen LogP contribution is -1.96. The fourth-order valence-electron chi connectivity index (χ4n) is 0.792. The summed E-state index contributed by atoms with van der Waals surface area (Å²) in [5.74, 6) is 0. The SMILES string of the molecule is Cc1c(C(F)F)cc(Br)nc1I. The molecule has 1 nitrogen and oxygen atoms in total. The fraction of sp³-hybridized carbons (Fsp3) is 0.286. The third kappa shape index (κ3) is 2.12. The van der Waals surface area contributed by atoms with E-state index < -0.39 is 6.43 Å². The Morgan fingerprint density at radius 1 is 1.58 bits per heavy atom. The summed E-state index contributed by atoms with van der Waals surface area (Å²) in [7, 11) is 0. The third-order valence-corrected chi connectivity index (χ3v) is 2.91. The molecule has 12 heavy (non-hydrogen) atoms. The van der Waals surface area contributed by atoms with Crippen molar-refractivity contribution in [1.29, 1.82) is 0 Å². The molecule has 1 rings (SSSR count). The lowest BCUT2D eigenvalue weighted by Gasteiger charge is -2.06. The fourth-order valence-corrected chi connectivity index (χ4v) is 2.12. The lowest BCUT2D eigenvalue weighted by atomic mass is 10.2. The second kappa shape index (κ2) is 3.95. The van der Waals surface area contributed by atoms with Gasteiger partial charge >= 0.3 is 0 Å². The van der Waals surface area contributed by atoms with E-state index in [1.54, 1.807) is 6.92 Å². The zero-order chi connectivity index (χ0) is 9.30. The van der Waals surface area contributed by atoms with Gasteiger partial charge in [-0.2, -0.15) is 0 Å². The molecule has 0 fully saturated rings. The number of hydrogen-bond donors (Lipinski definition) is 0. The van der Waals surface area contributed by atoms with Crippen LogP contribution in [0, 0.1) is 10.6 Å². The van der Waals surface area contributed by atoms with Gasteiger partial charge in [-0.15, -0.1) is 0 Å². The highest BCUT2D eigenvalue weighted by molar-refractivity contribution is 14.1. The molecule has 0 atom stereocenters. The monoisotopic (exact) mass is 347 g/mol. The molecule has 0 N–H and O–H groups in total. The van der Waals surface area contributed by atoms with E-state index in [4.69, 9.17) is 0 Å². The van der Waals surface area contributed by atoms with Crippen LogP contribution in [0.5, 0.6) is 0 Å². The molecule has 0 aliphatic heterocycles. The number of pyridine rings is 1. The van der Waals surface area contributed by atoms with Crippen LogP contribution < -0.4 is 0 Å². The minimum absolute atomic E-state index is 0.0428. The van der Waals surface area contributed by atoms with Crippen LogP contribution in [0.4, 0.5) is 8.78 Å². The van der Waals surface area contributed by atoms with E-state index in [2.05, 4.69) is 20.9 Å².